The van der Waals surface area contributed by atoms with Crippen LogP contribution in [0.25, 0.3) is 0 Å². The van der Waals surface area contributed by atoms with Gasteiger partial charge >= 0.3 is 0 Å². The molecule has 1 aromatic heterocycles. The molecule has 0 saturated carbocycles. The smallest absolute Gasteiger partial charge is 0.191 e. The van der Waals surface area contributed by atoms with Crippen LogP contribution in [-0.2, 0) is 6.54 Å². The second kappa shape index (κ2) is 10.9. The average Bonchev–Trinajstić information content (AvgIpc) is 2.86. The number of halogens is 1. The molecule has 0 radical (unpaired) electrons. The van der Waals surface area contributed by atoms with Gasteiger partial charge in [0.2, 0.25) is 0 Å². The zero-order valence-corrected chi connectivity index (χ0v) is 16.0. The van der Waals surface area contributed by atoms with Crippen molar-refractivity contribution in [1.29, 1.82) is 0 Å². The summed E-state index contributed by atoms with van der Waals surface area (Å²) in [4.78, 5) is 4.56. The first-order chi connectivity index (χ1) is 9.51. The molecule has 1 aromatic rings. The number of nitrogens with one attached hydrogen (secondary N) is 3. The highest BCUT2D eigenvalue weighted by atomic mass is 127. The van der Waals surface area contributed by atoms with E-state index in [1.54, 1.807) is 0 Å². The number of nitrogens with zero attached hydrogens (tertiary/aromatic N) is 2. The highest BCUT2D eigenvalue weighted by molar-refractivity contribution is 14.0. The fraction of sp³-hybridized carbons (Fsp3) is 0.667. The third kappa shape index (κ3) is 10.6. The molecule has 0 unspecified atom stereocenters. The summed E-state index contributed by atoms with van der Waals surface area (Å²) in [7, 11) is 0. The summed E-state index contributed by atoms with van der Waals surface area (Å²) in [5.41, 5.74) is 0.149. The first kappa shape index (κ1) is 20.2. The number of hydrogen-bond donors (Lipinski definition) is 3. The normalized spacial score (nSPS) is 11.9. The number of aromatic nitrogens is 1. The third-order valence-electron chi connectivity index (χ3n) is 2.71. The molecule has 3 N–H and O–H groups in total. The Balaban J connectivity index is 0.00000400. The molecule has 0 aliphatic rings. The highest BCUT2D eigenvalue weighted by Gasteiger charge is 2.06. The van der Waals surface area contributed by atoms with Gasteiger partial charge in [0.1, 0.15) is 0 Å². The molecule has 0 aliphatic carbocycles. The van der Waals surface area contributed by atoms with Crippen molar-refractivity contribution in [3.05, 3.63) is 24.5 Å². The fourth-order valence-corrected chi connectivity index (χ4v) is 1.76. The van der Waals surface area contributed by atoms with Crippen LogP contribution in [0, 0.1) is 0 Å². The molecule has 0 aliphatic heterocycles. The van der Waals surface area contributed by atoms with E-state index in [0.29, 0.717) is 0 Å². The van der Waals surface area contributed by atoms with Gasteiger partial charge in [-0.2, -0.15) is 0 Å². The minimum Gasteiger partial charge on any atom is -0.357 e. The molecule has 0 fully saturated rings. The zero-order valence-electron chi connectivity index (χ0n) is 13.6. The maximum absolute atomic E-state index is 4.56. The lowest BCUT2D eigenvalue weighted by molar-refractivity contribution is 0.432. The molecular formula is C15H30IN5. The van der Waals surface area contributed by atoms with Crippen LogP contribution < -0.4 is 16.0 Å². The molecular weight excluding hydrogens is 377 g/mol. The van der Waals surface area contributed by atoms with Gasteiger partial charge in [-0.1, -0.05) is 0 Å². The van der Waals surface area contributed by atoms with Crippen LogP contribution in [0.3, 0.4) is 0 Å². The molecule has 0 aromatic carbocycles. The van der Waals surface area contributed by atoms with Gasteiger partial charge in [0, 0.05) is 44.1 Å². The lowest BCUT2D eigenvalue weighted by atomic mass is 10.1. The highest BCUT2D eigenvalue weighted by Crippen LogP contribution is 1.96. The molecule has 1 rings (SSSR count). The number of hydrogen-bond acceptors (Lipinski definition) is 2. The van der Waals surface area contributed by atoms with E-state index >= 15 is 0 Å². The quantitative estimate of drug-likeness (QED) is 0.281. The SMILES string of the molecule is CCNC(=NCCNC(C)(C)C)NCCn1cccc1.I. The summed E-state index contributed by atoms with van der Waals surface area (Å²) >= 11 is 0. The largest absolute Gasteiger partial charge is 0.357 e. The summed E-state index contributed by atoms with van der Waals surface area (Å²) in [5.74, 6) is 0.885. The van der Waals surface area contributed by atoms with Gasteiger partial charge in [-0.05, 0) is 39.8 Å². The molecule has 21 heavy (non-hydrogen) atoms. The average molecular weight is 407 g/mol. The maximum Gasteiger partial charge on any atom is 0.191 e. The van der Waals surface area contributed by atoms with E-state index in [4.69, 9.17) is 0 Å². The van der Waals surface area contributed by atoms with E-state index in [2.05, 4.69) is 65.6 Å². The Hall–Kier alpha value is -0.760. The molecule has 0 bridgehead atoms. The van der Waals surface area contributed by atoms with E-state index < -0.39 is 0 Å². The summed E-state index contributed by atoms with van der Waals surface area (Å²) < 4.78 is 2.15. The van der Waals surface area contributed by atoms with Crippen molar-refractivity contribution in [3.8, 4) is 0 Å². The molecule has 5 nitrogen and oxygen atoms in total. The summed E-state index contributed by atoms with van der Waals surface area (Å²) in [5, 5.41) is 10.0. The van der Waals surface area contributed by atoms with Crippen LogP contribution in [0.1, 0.15) is 27.7 Å². The lowest BCUT2D eigenvalue weighted by Gasteiger charge is -2.20. The molecule has 6 heteroatoms. The topological polar surface area (TPSA) is 53.4 Å². The van der Waals surface area contributed by atoms with Gasteiger partial charge in [-0.3, -0.25) is 4.99 Å². The Kier molecular flexibility index (Phi) is 10.5. The van der Waals surface area contributed by atoms with Gasteiger partial charge in [-0.15, -0.1) is 24.0 Å². The fourth-order valence-electron chi connectivity index (χ4n) is 1.76. The predicted molar refractivity (Wildman–Crippen MR) is 102 cm³/mol. The van der Waals surface area contributed by atoms with Crippen molar-refractivity contribution in [2.24, 2.45) is 4.99 Å². The summed E-state index contributed by atoms with van der Waals surface area (Å²) in [6.07, 6.45) is 4.14. The Morgan fingerprint density at radius 2 is 1.76 bits per heavy atom. The first-order valence-electron chi connectivity index (χ1n) is 7.39. The number of rotatable bonds is 7. The van der Waals surface area contributed by atoms with Crippen molar-refractivity contribution in [2.75, 3.05) is 26.2 Å². The van der Waals surface area contributed by atoms with Gasteiger partial charge in [0.25, 0.3) is 0 Å². The van der Waals surface area contributed by atoms with Crippen molar-refractivity contribution in [1.82, 2.24) is 20.5 Å². The van der Waals surface area contributed by atoms with Crippen molar-refractivity contribution in [2.45, 2.75) is 39.8 Å². The van der Waals surface area contributed by atoms with Crippen LogP contribution in [0.15, 0.2) is 29.5 Å². The predicted octanol–water partition coefficient (Wildman–Crippen LogP) is 2.05. The van der Waals surface area contributed by atoms with E-state index in [1.165, 1.54) is 0 Å². The van der Waals surface area contributed by atoms with E-state index in [0.717, 1.165) is 38.7 Å². The van der Waals surface area contributed by atoms with Crippen molar-refractivity contribution >= 4 is 29.9 Å². The molecule has 122 valence electrons. The Morgan fingerprint density at radius 1 is 1.10 bits per heavy atom. The Bertz CT molecular complexity index is 381. The van der Waals surface area contributed by atoms with Crippen LogP contribution in [0.4, 0.5) is 0 Å². The maximum atomic E-state index is 4.56. The second-order valence-corrected chi connectivity index (χ2v) is 5.79. The first-order valence-corrected chi connectivity index (χ1v) is 7.39. The van der Waals surface area contributed by atoms with E-state index in [9.17, 15) is 0 Å². The second-order valence-electron chi connectivity index (χ2n) is 5.79. The summed E-state index contributed by atoms with van der Waals surface area (Å²) in [6, 6.07) is 4.08. The molecule has 0 atom stereocenters. The molecule has 0 saturated heterocycles. The molecule has 0 amide bonds. The van der Waals surface area contributed by atoms with E-state index in [-0.39, 0.29) is 29.5 Å². The monoisotopic (exact) mass is 407 g/mol. The van der Waals surface area contributed by atoms with Gasteiger partial charge < -0.3 is 20.5 Å². The summed E-state index contributed by atoms with van der Waals surface area (Å²) in [6.45, 7) is 12.9. The van der Waals surface area contributed by atoms with Crippen LogP contribution in [-0.4, -0.2) is 42.2 Å². The van der Waals surface area contributed by atoms with Crippen molar-refractivity contribution < 1.29 is 0 Å². The van der Waals surface area contributed by atoms with Crippen LogP contribution in [0.2, 0.25) is 0 Å². The van der Waals surface area contributed by atoms with Crippen LogP contribution in [0.5, 0.6) is 0 Å². The Morgan fingerprint density at radius 3 is 2.33 bits per heavy atom. The zero-order chi connectivity index (χ0) is 14.8. The van der Waals surface area contributed by atoms with Crippen molar-refractivity contribution in [3.63, 3.8) is 0 Å². The Labute approximate surface area is 146 Å². The lowest BCUT2D eigenvalue weighted by Crippen LogP contribution is -2.40. The number of guanidine groups is 1. The molecule has 0 spiro atoms. The number of aliphatic imine (C=N–C) groups is 1. The standard InChI is InChI=1S/C15H29N5.HI/c1-5-16-14(17-8-9-19-15(2,3)4)18-10-13-20-11-6-7-12-20;/h6-7,11-12,19H,5,8-10,13H2,1-4H3,(H2,16,17,18);1H. The van der Waals surface area contributed by atoms with Gasteiger partial charge in [0.15, 0.2) is 5.96 Å². The minimum absolute atomic E-state index is 0. The van der Waals surface area contributed by atoms with Gasteiger partial charge in [-0.25, -0.2) is 0 Å². The minimum atomic E-state index is 0. The third-order valence-corrected chi connectivity index (χ3v) is 2.71. The molecule has 1 heterocycles. The van der Waals surface area contributed by atoms with Crippen LogP contribution >= 0.6 is 24.0 Å². The van der Waals surface area contributed by atoms with E-state index in [1.807, 2.05) is 12.1 Å². The van der Waals surface area contributed by atoms with Gasteiger partial charge in [0.05, 0.1) is 6.54 Å².